The zero-order valence-corrected chi connectivity index (χ0v) is 14.1. The molecule has 0 bridgehead atoms. The van der Waals surface area contributed by atoms with E-state index in [1.165, 1.54) is 26.2 Å². The van der Waals surface area contributed by atoms with Crippen molar-refractivity contribution in [2.24, 2.45) is 5.92 Å². The molecule has 0 aromatic heterocycles. The van der Waals surface area contributed by atoms with Gasteiger partial charge in [0.15, 0.2) is 0 Å². The Morgan fingerprint density at radius 3 is 2.43 bits per heavy atom. The fraction of sp³-hybridized carbons (Fsp3) is 0.579. The molecule has 0 unspecified atom stereocenters. The smallest absolute Gasteiger partial charge is 0.329 e. The Bertz CT molecular complexity index is 509. The van der Waals surface area contributed by atoms with E-state index in [1.807, 2.05) is 37.3 Å². The molecule has 0 aliphatic heterocycles. The van der Waals surface area contributed by atoms with Crippen molar-refractivity contribution in [1.82, 2.24) is 5.32 Å². The third kappa shape index (κ3) is 5.70. The molecule has 0 heterocycles. The molecule has 1 aromatic carbocycles. The summed E-state index contributed by atoms with van der Waals surface area (Å²) in [5, 5.41) is 2.72. The lowest BCUT2D eigenvalue weighted by Gasteiger charge is -2.28. The van der Waals surface area contributed by atoms with Crippen molar-refractivity contribution in [2.45, 2.75) is 64.5 Å². The summed E-state index contributed by atoms with van der Waals surface area (Å²) in [6, 6.07) is 9.06. The van der Waals surface area contributed by atoms with Gasteiger partial charge in [-0.25, -0.2) is 4.79 Å². The molecule has 0 radical (unpaired) electrons. The summed E-state index contributed by atoms with van der Waals surface area (Å²) in [6.07, 6.45) is 6.32. The highest BCUT2D eigenvalue weighted by atomic mass is 16.5. The summed E-state index contributed by atoms with van der Waals surface area (Å²) in [5.41, 5.74) is 1.01. The number of nitrogens with one attached hydrogen (secondary N) is 1. The van der Waals surface area contributed by atoms with Crippen LogP contribution >= 0.6 is 0 Å². The minimum Gasteiger partial charge on any atom is -0.461 e. The van der Waals surface area contributed by atoms with Gasteiger partial charge in [-0.3, -0.25) is 4.79 Å². The van der Waals surface area contributed by atoms with Crippen LogP contribution in [0.5, 0.6) is 0 Å². The van der Waals surface area contributed by atoms with Crippen molar-refractivity contribution < 1.29 is 14.3 Å². The Morgan fingerprint density at radius 1 is 1.17 bits per heavy atom. The Balaban J connectivity index is 1.96. The van der Waals surface area contributed by atoms with Gasteiger partial charge in [0.25, 0.3) is 0 Å². The van der Waals surface area contributed by atoms with Crippen LogP contribution in [-0.4, -0.2) is 24.0 Å². The highest BCUT2D eigenvalue weighted by molar-refractivity contribution is 5.83. The number of ether oxygens (including phenoxy) is 1. The first-order chi connectivity index (χ1) is 11.1. The second kappa shape index (κ2) is 8.70. The molecule has 1 aliphatic rings. The quantitative estimate of drug-likeness (QED) is 0.820. The molecule has 0 spiro atoms. The highest BCUT2D eigenvalue weighted by Crippen LogP contribution is 2.28. The van der Waals surface area contributed by atoms with E-state index in [2.05, 4.69) is 5.32 Å². The summed E-state index contributed by atoms with van der Waals surface area (Å²) in [6.45, 7) is 3.40. The number of rotatable bonds is 6. The molecule has 23 heavy (non-hydrogen) atoms. The highest BCUT2D eigenvalue weighted by Gasteiger charge is 2.27. The predicted molar refractivity (Wildman–Crippen MR) is 89.9 cm³/mol. The zero-order chi connectivity index (χ0) is 16.7. The van der Waals surface area contributed by atoms with Gasteiger partial charge in [-0.2, -0.15) is 0 Å². The first kappa shape index (κ1) is 17.5. The first-order valence-corrected chi connectivity index (χ1v) is 8.58. The van der Waals surface area contributed by atoms with Gasteiger partial charge in [-0.05, 0) is 31.2 Å². The lowest BCUT2D eigenvalue weighted by atomic mass is 9.86. The maximum atomic E-state index is 12.5. The van der Waals surface area contributed by atoms with Gasteiger partial charge in [0.1, 0.15) is 12.1 Å². The number of benzene rings is 1. The molecule has 4 heteroatoms. The third-order valence-corrected chi connectivity index (χ3v) is 4.56. The molecule has 1 fully saturated rings. The van der Waals surface area contributed by atoms with Crippen LogP contribution in [0, 0.1) is 5.92 Å². The summed E-state index contributed by atoms with van der Waals surface area (Å²) in [5.74, 6) is -0.0993. The van der Waals surface area contributed by atoms with Gasteiger partial charge >= 0.3 is 5.97 Å². The van der Waals surface area contributed by atoms with Gasteiger partial charge in [0.05, 0.1) is 0 Å². The van der Waals surface area contributed by atoms with Crippen LogP contribution in [0.3, 0.4) is 0 Å². The zero-order valence-electron chi connectivity index (χ0n) is 14.1. The van der Waals surface area contributed by atoms with Crippen molar-refractivity contribution >= 4 is 11.9 Å². The molecule has 1 aromatic rings. The fourth-order valence-corrected chi connectivity index (χ4v) is 3.25. The predicted octanol–water partition coefficient (Wildman–Crippen LogP) is 3.25. The largest absolute Gasteiger partial charge is 0.461 e. The molecule has 0 saturated heterocycles. The maximum Gasteiger partial charge on any atom is 0.329 e. The Labute approximate surface area is 138 Å². The summed E-state index contributed by atoms with van der Waals surface area (Å²) in [4.78, 5) is 23.9. The van der Waals surface area contributed by atoms with E-state index in [0.29, 0.717) is 12.3 Å². The van der Waals surface area contributed by atoms with E-state index in [9.17, 15) is 9.59 Å². The minimum absolute atomic E-state index is 0.0881. The van der Waals surface area contributed by atoms with E-state index in [0.717, 1.165) is 18.4 Å². The molecule has 1 aliphatic carbocycles. The van der Waals surface area contributed by atoms with Crippen LogP contribution in [0.25, 0.3) is 0 Å². The number of esters is 1. The molecular formula is C19H27NO3. The second-order valence-electron chi connectivity index (χ2n) is 6.48. The Morgan fingerprint density at radius 2 is 1.83 bits per heavy atom. The van der Waals surface area contributed by atoms with Crippen molar-refractivity contribution in [3.05, 3.63) is 35.9 Å². The number of carbonyl (C=O) groups excluding carboxylic acids is 2. The van der Waals surface area contributed by atoms with E-state index < -0.39 is 6.04 Å². The van der Waals surface area contributed by atoms with Crippen molar-refractivity contribution in [3.8, 4) is 0 Å². The van der Waals surface area contributed by atoms with Gasteiger partial charge < -0.3 is 10.1 Å². The summed E-state index contributed by atoms with van der Waals surface area (Å²) in [7, 11) is 0. The van der Waals surface area contributed by atoms with Crippen LogP contribution in [0.1, 0.15) is 51.5 Å². The lowest BCUT2D eigenvalue weighted by molar-refractivity contribution is -0.155. The van der Waals surface area contributed by atoms with Crippen LogP contribution in [0.4, 0.5) is 0 Å². The summed E-state index contributed by atoms with van der Waals surface area (Å²) < 4.78 is 5.67. The fourth-order valence-electron chi connectivity index (χ4n) is 3.25. The van der Waals surface area contributed by atoms with Crippen molar-refractivity contribution in [2.75, 3.05) is 0 Å². The van der Waals surface area contributed by atoms with Crippen LogP contribution in [0.2, 0.25) is 0 Å². The normalized spacial score (nSPS) is 18.0. The Hall–Kier alpha value is -1.84. The van der Waals surface area contributed by atoms with Crippen LogP contribution < -0.4 is 5.32 Å². The standard InChI is InChI=1S/C19H27NO3/c1-14(17-11-7-4-8-12-17)23-19(22)18(20-15(2)21)13-16-9-5-3-6-10-16/h3,5-6,9-10,14,17-18H,4,7-8,11-13H2,1-2H3,(H,20,21)/t14-,18-/m0/s1. The number of amides is 1. The second-order valence-corrected chi connectivity index (χ2v) is 6.48. The SMILES string of the molecule is CC(=O)N[C@@H](Cc1ccccc1)C(=O)O[C@@H](C)C1CCCCC1. The lowest BCUT2D eigenvalue weighted by Crippen LogP contribution is -2.44. The molecule has 1 amide bonds. The van der Waals surface area contributed by atoms with Gasteiger partial charge in [0.2, 0.25) is 5.91 Å². The monoisotopic (exact) mass is 317 g/mol. The summed E-state index contributed by atoms with van der Waals surface area (Å²) >= 11 is 0. The van der Waals surface area contributed by atoms with E-state index >= 15 is 0 Å². The van der Waals surface area contributed by atoms with E-state index in [1.54, 1.807) is 0 Å². The number of carbonyl (C=O) groups is 2. The van der Waals surface area contributed by atoms with Crippen molar-refractivity contribution in [1.29, 1.82) is 0 Å². The third-order valence-electron chi connectivity index (χ3n) is 4.56. The molecule has 4 nitrogen and oxygen atoms in total. The van der Waals surface area contributed by atoms with Gasteiger partial charge in [0, 0.05) is 13.3 Å². The van der Waals surface area contributed by atoms with Crippen LogP contribution in [-0.2, 0) is 20.7 Å². The van der Waals surface area contributed by atoms with E-state index in [4.69, 9.17) is 4.74 Å². The molecular weight excluding hydrogens is 290 g/mol. The average Bonchev–Trinajstić information content (AvgIpc) is 2.55. The minimum atomic E-state index is -0.624. The first-order valence-electron chi connectivity index (χ1n) is 8.58. The van der Waals surface area contributed by atoms with Gasteiger partial charge in [-0.1, -0.05) is 49.6 Å². The molecule has 2 atom stereocenters. The van der Waals surface area contributed by atoms with E-state index in [-0.39, 0.29) is 18.0 Å². The number of hydrogen-bond acceptors (Lipinski definition) is 3. The topological polar surface area (TPSA) is 55.4 Å². The maximum absolute atomic E-state index is 12.5. The average molecular weight is 317 g/mol. The molecule has 126 valence electrons. The molecule has 1 saturated carbocycles. The van der Waals surface area contributed by atoms with Crippen molar-refractivity contribution in [3.63, 3.8) is 0 Å². The number of hydrogen-bond donors (Lipinski definition) is 1. The van der Waals surface area contributed by atoms with Crippen LogP contribution in [0.15, 0.2) is 30.3 Å². The molecule has 2 rings (SSSR count). The molecule has 1 N–H and O–H groups in total. The van der Waals surface area contributed by atoms with Gasteiger partial charge in [-0.15, -0.1) is 0 Å². The Kier molecular flexibility index (Phi) is 6.63.